The van der Waals surface area contributed by atoms with Gasteiger partial charge in [0.25, 0.3) is 0 Å². The zero-order chi connectivity index (χ0) is 20.1. The quantitative estimate of drug-likeness (QED) is 0.656. The summed E-state index contributed by atoms with van der Waals surface area (Å²) in [4.78, 5) is 21.2. The molecule has 3 aromatic rings. The van der Waals surface area contributed by atoms with Crippen molar-refractivity contribution < 1.29 is 14.4 Å². The fourth-order valence-electron chi connectivity index (χ4n) is 3.83. The first kappa shape index (κ1) is 19.1. The van der Waals surface area contributed by atoms with Crippen LogP contribution in [0.25, 0.3) is 11.3 Å². The number of benzene rings is 2. The Bertz CT molecular complexity index is 933. The van der Waals surface area contributed by atoms with Crippen LogP contribution in [0.5, 0.6) is 0 Å². The van der Waals surface area contributed by atoms with E-state index in [1.165, 1.54) is 7.11 Å². The molecule has 0 unspecified atom stereocenters. The number of amides is 1. The van der Waals surface area contributed by atoms with E-state index in [2.05, 4.69) is 17.2 Å². The largest absolute Gasteiger partial charge is 0.453 e. The summed E-state index contributed by atoms with van der Waals surface area (Å²) in [6, 6.07) is 20.3. The van der Waals surface area contributed by atoms with Gasteiger partial charge in [-0.3, -0.25) is 0 Å². The highest BCUT2D eigenvalue weighted by Gasteiger charge is 2.28. The molecule has 1 amide bonds. The number of ether oxygens (including phenoxy) is 1. The summed E-state index contributed by atoms with van der Waals surface area (Å²) >= 11 is 0. The van der Waals surface area contributed by atoms with Crippen LogP contribution in [0.2, 0.25) is 0 Å². The number of hydrogen-bond acceptors (Lipinski definition) is 4. The van der Waals surface area contributed by atoms with Crippen molar-refractivity contribution in [3.05, 3.63) is 78.0 Å². The van der Waals surface area contributed by atoms with E-state index in [1.807, 2.05) is 54.7 Å². The van der Waals surface area contributed by atoms with Crippen molar-refractivity contribution in [2.75, 3.05) is 20.2 Å². The van der Waals surface area contributed by atoms with Crippen LogP contribution in [-0.4, -0.2) is 41.1 Å². The predicted octanol–water partition coefficient (Wildman–Crippen LogP) is 4.12. The highest BCUT2D eigenvalue weighted by Crippen LogP contribution is 2.35. The van der Waals surface area contributed by atoms with E-state index in [0.29, 0.717) is 25.6 Å². The van der Waals surface area contributed by atoms with Crippen molar-refractivity contribution in [3.63, 3.8) is 0 Å². The molecule has 150 valence electrons. The Morgan fingerprint density at radius 3 is 2.34 bits per heavy atom. The average Bonchev–Trinajstić information content (AvgIpc) is 3.22. The molecular weight excluding hydrogens is 366 g/mol. The Labute approximate surface area is 170 Å². The van der Waals surface area contributed by atoms with Crippen LogP contribution in [0, 0.1) is 0 Å². The zero-order valence-electron chi connectivity index (χ0n) is 16.5. The van der Waals surface area contributed by atoms with Gasteiger partial charge in [0.1, 0.15) is 12.3 Å². The first-order valence-electron chi connectivity index (χ1n) is 9.89. The molecule has 1 aromatic heterocycles. The summed E-state index contributed by atoms with van der Waals surface area (Å²) < 4.78 is 4.85. The second-order valence-corrected chi connectivity index (χ2v) is 7.18. The Morgan fingerprint density at radius 1 is 1.03 bits per heavy atom. The van der Waals surface area contributed by atoms with Crippen molar-refractivity contribution >= 4 is 6.09 Å². The fraction of sp³-hybridized carbons (Fsp3) is 0.304. The van der Waals surface area contributed by atoms with Crippen LogP contribution in [0.1, 0.15) is 29.9 Å². The number of likely N-dealkylation sites (tertiary alicyclic amines) is 1. The van der Waals surface area contributed by atoms with Crippen LogP contribution in [-0.2, 0) is 11.3 Å². The molecule has 1 fully saturated rings. The van der Waals surface area contributed by atoms with Gasteiger partial charge in [-0.05, 0) is 24.3 Å². The molecule has 0 atom stereocenters. The van der Waals surface area contributed by atoms with Crippen molar-refractivity contribution in [2.24, 2.45) is 0 Å². The Balaban J connectivity index is 1.58. The molecule has 6 nitrogen and oxygen atoms in total. The molecule has 1 aliphatic rings. The zero-order valence-corrected chi connectivity index (χ0v) is 16.5. The van der Waals surface area contributed by atoms with E-state index in [1.54, 1.807) is 9.75 Å². The lowest BCUT2D eigenvalue weighted by Crippen LogP contribution is -2.37. The van der Waals surface area contributed by atoms with Gasteiger partial charge < -0.3 is 14.5 Å². The third-order valence-corrected chi connectivity index (χ3v) is 5.38. The van der Waals surface area contributed by atoms with Gasteiger partial charge in [0, 0.05) is 24.2 Å². The van der Waals surface area contributed by atoms with Crippen LogP contribution < -0.4 is 4.84 Å². The van der Waals surface area contributed by atoms with Gasteiger partial charge in [0.05, 0.1) is 13.3 Å². The van der Waals surface area contributed by atoms with Crippen LogP contribution in [0.15, 0.2) is 66.9 Å². The summed E-state index contributed by atoms with van der Waals surface area (Å²) in [6.45, 7) is 1.81. The maximum atomic E-state index is 11.8. The van der Waals surface area contributed by atoms with Gasteiger partial charge in [-0.15, -0.1) is 5.10 Å². The lowest BCUT2D eigenvalue weighted by Gasteiger charge is -2.31. The summed E-state index contributed by atoms with van der Waals surface area (Å²) in [5, 5.41) is 4.54. The summed E-state index contributed by atoms with van der Waals surface area (Å²) in [7, 11) is 1.43. The molecule has 2 heterocycles. The van der Waals surface area contributed by atoms with E-state index in [0.717, 1.165) is 35.2 Å². The predicted molar refractivity (Wildman–Crippen MR) is 110 cm³/mol. The number of hydrogen-bond donors (Lipinski definition) is 0. The van der Waals surface area contributed by atoms with Crippen molar-refractivity contribution in [1.82, 2.24) is 14.8 Å². The molecule has 2 aromatic carbocycles. The number of nitrogens with zero attached hydrogens (tertiary/aromatic N) is 3. The molecule has 1 saturated heterocycles. The summed E-state index contributed by atoms with van der Waals surface area (Å²) in [5.41, 5.74) is 4.31. The van der Waals surface area contributed by atoms with Crippen molar-refractivity contribution in [3.8, 4) is 11.3 Å². The second-order valence-electron chi connectivity index (χ2n) is 7.18. The maximum absolute atomic E-state index is 11.8. The number of piperidine rings is 1. The molecular formula is C23H25N3O3. The third-order valence-electron chi connectivity index (χ3n) is 5.38. The first-order valence-corrected chi connectivity index (χ1v) is 9.89. The summed E-state index contributed by atoms with van der Waals surface area (Å²) in [5.74, 6) is 0.320. The molecule has 0 N–H and O–H groups in total. The lowest BCUT2D eigenvalue weighted by atomic mass is 9.88. The average molecular weight is 391 g/mol. The van der Waals surface area contributed by atoms with E-state index in [9.17, 15) is 4.79 Å². The van der Waals surface area contributed by atoms with Gasteiger partial charge in [-0.1, -0.05) is 65.5 Å². The maximum Gasteiger partial charge on any atom is 0.409 e. The molecule has 0 aliphatic carbocycles. The second kappa shape index (κ2) is 8.82. The minimum atomic E-state index is -0.256. The highest BCUT2D eigenvalue weighted by molar-refractivity contribution is 5.68. The van der Waals surface area contributed by atoms with E-state index >= 15 is 0 Å². The van der Waals surface area contributed by atoms with Crippen LogP contribution >= 0.6 is 0 Å². The van der Waals surface area contributed by atoms with Gasteiger partial charge in [-0.2, -0.15) is 0 Å². The van der Waals surface area contributed by atoms with E-state index < -0.39 is 0 Å². The minimum Gasteiger partial charge on any atom is -0.453 e. The molecule has 6 heteroatoms. The number of methoxy groups -OCH3 is 1. The number of carbonyl (C=O) groups is 1. The number of rotatable bonds is 5. The standard InChI is InChI=1S/C23H25N3O3/c1-28-23(27)25-14-12-19(13-15-25)21-16-24-26(22(21)20-10-6-3-7-11-20)29-17-18-8-4-2-5-9-18/h2-11,16,19H,12-15,17H2,1H3. The van der Waals surface area contributed by atoms with Crippen LogP contribution in [0.4, 0.5) is 4.79 Å². The molecule has 0 radical (unpaired) electrons. The van der Waals surface area contributed by atoms with Crippen LogP contribution in [0.3, 0.4) is 0 Å². The van der Waals surface area contributed by atoms with Gasteiger partial charge in [0.2, 0.25) is 0 Å². The Hall–Kier alpha value is -3.28. The van der Waals surface area contributed by atoms with Crippen molar-refractivity contribution in [1.29, 1.82) is 0 Å². The summed E-state index contributed by atoms with van der Waals surface area (Å²) in [6.07, 6.45) is 3.40. The van der Waals surface area contributed by atoms with Gasteiger partial charge in [0.15, 0.2) is 0 Å². The van der Waals surface area contributed by atoms with Crippen molar-refractivity contribution in [2.45, 2.75) is 25.4 Å². The molecule has 0 spiro atoms. The fourth-order valence-corrected chi connectivity index (χ4v) is 3.83. The third kappa shape index (κ3) is 4.26. The topological polar surface area (TPSA) is 56.6 Å². The lowest BCUT2D eigenvalue weighted by molar-refractivity contribution is 0.0734. The number of carbonyl (C=O) groups excluding carboxylic acids is 1. The monoisotopic (exact) mass is 391 g/mol. The van der Waals surface area contributed by atoms with E-state index in [-0.39, 0.29) is 6.09 Å². The molecule has 0 saturated carbocycles. The number of aromatic nitrogens is 2. The Kier molecular flexibility index (Phi) is 5.79. The van der Waals surface area contributed by atoms with Gasteiger partial charge >= 0.3 is 6.09 Å². The SMILES string of the molecule is COC(=O)N1CCC(c2cnn(OCc3ccccc3)c2-c2ccccc2)CC1. The molecule has 4 rings (SSSR count). The Morgan fingerprint density at radius 2 is 1.69 bits per heavy atom. The van der Waals surface area contributed by atoms with Gasteiger partial charge in [-0.25, -0.2) is 4.79 Å². The smallest absolute Gasteiger partial charge is 0.409 e. The molecule has 1 aliphatic heterocycles. The highest BCUT2D eigenvalue weighted by atomic mass is 16.7. The molecule has 29 heavy (non-hydrogen) atoms. The normalized spacial score (nSPS) is 14.6. The van der Waals surface area contributed by atoms with E-state index in [4.69, 9.17) is 9.57 Å². The first-order chi connectivity index (χ1) is 14.3. The molecule has 0 bridgehead atoms. The minimum absolute atomic E-state index is 0.256.